The number of nitrogens with zero attached hydrogens (tertiary/aromatic N) is 3. The molecule has 0 aromatic carbocycles. The van der Waals surface area contributed by atoms with Crippen LogP contribution in [0.25, 0.3) is 5.82 Å². The largest absolute Gasteiger partial charge is 0.476 e. The molecule has 100 valence electrons. The Morgan fingerprint density at radius 2 is 2.16 bits per heavy atom. The third kappa shape index (κ3) is 2.40. The van der Waals surface area contributed by atoms with Crippen LogP contribution in [0, 0.1) is 0 Å². The number of carboxylic acids is 1. The second kappa shape index (κ2) is 4.35. The van der Waals surface area contributed by atoms with Crippen molar-refractivity contribution in [3.05, 3.63) is 30.2 Å². The first-order valence-electron chi connectivity index (χ1n) is 5.04. The molecule has 9 heteroatoms. The highest BCUT2D eigenvalue weighted by atomic mass is 32.2. The molecule has 0 fully saturated rings. The number of aromatic carboxylic acids is 1. The second-order valence-electron chi connectivity index (χ2n) is 3.78. The standard InChI is InChI=1S/C10H10N4O4S/c1-19(17,18)7-3-2-4-12-9(7)14-5-6(11)8(13-14)10(15)16/h2-5H,11H2,1H3,(H,15,16). The Labute approximate surface area is 108 Å². The first-order valence-corrected chi connectivity index (χ1v) is 6.93. The van der Waals surface area contributed by atoms with E-state index in [9.17, 15) is 13.2 Å². The van der Waals surface area contributed by atoms with Crippen molar-refractivity contribution in [1.82, 2.24) is 14.8 Å². The maximum Gasteiger partial charge on any atom is 0.358 e. The fourth-order valence-electron chi connectivity index (χ4n) is 1.51. The molecule has 2 aromatic rings. The van der Waals surface area contributed by atoms with E-state index in [0.29, 0.717) is 0 Å². The van der Waals surface area contributed by atoms with Crippen LogP contribution in [0.15, 0.2) is 29.4 Å². The topological polar surface area (TPSA) is 128 Å². The molecule has 2 heterocycles. The molecule has 0 radical (unpaired) electrons. The molecule has 0 aliphatic carbocycles. The molecule has 3 N–H and O–H groups in total. The molecule has 0 aliphatic rings. The van der Waals surface area contributed by atoms with Gasteiger partial charge in [0.2, 0.25) is 0 Å². The highest BCUT2D eigenvalue weighted by Gasteiger charge is 2.19. The number of pyridine rings is 1. The summed E-state index contributed by atoms with van der Waals surface area (Å²) in [6.07, 6.45) is 3.61. The minimum Gasteiger partial charge on any atom is -0.476 e. The Kier molecular flexibility index (Phi) is 2.98. The zero-order valence-electron chi connectivity index (χ0n) is 9.81. The van der Waals surface area contributed by atoms with Gasteiger partial charge < -0.3 is 10.8 Å². The van der Waals surface area contributed by atoms with Crippen molar-refractivity contribution < 1.29 is 18.3 Å². The number of anilines is 1. The monoisotopic (exact) mass is 282 g/mol. The van der Waals surface area contributed by atoms with Gasteiger partial charge in [0.15, 0.2) is 21.3 Å². The van der Waals surface area contributed by atoms with Gasteiger partial charge >= 0.3 is 5.97 Å². The quantitative estimate of drug-likeness (QED) is 0.807. The SMILES string of the molecule is CS(=O)(=O)c1cccnc1-n1cc(N)c(C(=O)O)n1. The van der Waals surface area contributed by atoms with E-state index in [0.717, 1.165) is 10.9 Å². The van der Waals surface area contributed by atoms with Gasteiger partial charge in [-0.2, -0.15) is 5.10 Å². The lowest BCUT2D eigenvalue weighted by Crippen LogP contribution is -2.08. The van der Waals surface area contributed by atoms with Crippen LogP contribution in [-0.2, 0) is 9.84 Å². The van der Waals surface area contributed by atoms with Gasteiger partial charge in [0.25, 0.3) is 0 Å². The summed E-state index contributed by atoms with van der Waals surface area (Å²) in [5, 5.41) is 12.6. The van der Waals surface area contributed by atoms with Crippen LogP contribution in [0.5, 0.6) is 0 Å². The highest BCUT2D eigenvalue weighted by molar-refractivity contribution is 7.90. The number of carbonyl (C=O) groups is 1. The maximum absolute atomic E-state index is 11.6. The van der Waals surface area contributed by atoms with Gasteiger partial charge in [-0.05, 0) is 12.1 Å². The normalized spacial score (nSPS) is 11.4. The molecule has 0 aliphatic heterocycles. The van der Waals surface area contributed by atoms with Crippen LogP contribution in [0.4, 0.5) is 5.69 Å². The third-order valence-corrected chi connectivity index (χ3v) is 3.43. The summed E-state index contributed by atoms with van der Waals surface area (Å²) >= 11 is 0. The summed E-state index contributed by atoms with van der Waals surface area (Å²) in [4.78, 5) is 14.7. The average molecular weight is 282 g/mol. The van der Waals surface area contributed by atoms with Gasteiger partial charge in [-0.25, -0.2) is 22.9 Å². The molecular formula is C10H10N4O4S. The fourth-order valence-corrected chi connectivity index (χ4v) is 2.31. The number of hydrogen-bond acceptors (Lipinski definition) is 6. The van der Waals surface area contributed by atoms with Crippen molar-refractivity contribution in [1.29, 1.82) is 0 Å². The van der Waals surface area contributed by atoms with Crippen LogP contribution in [0.2, 0.25) is 0 Å². The van der Waals surface area contributed by atoms with E-state index < -0.39 is 15.8 Å². The Hall–Kier alpha value is -2.42. The van der Waals surface area contributed by atoms with Crippen molar-refractivity contribution in [2.75, 3.05) is 12.0 Å². The van der Waals surface area contributed by atoms with Gasteiger partial charge in [0, 0.05) is 12.5 Å². The van der Waals surface area contributed by atoms with Crippen LogP contribution >= 0.6 is 0 Å². The van der Waals surface area contributed by atoms with Crippen LogP contribution < -0.4 is 5.73 Å². The van der Waals surface area contributed by atoms with Crippen LogP contribution in [-0.4, -0.2) is 40.5 Å². The summed E-state index contributed by atoms with van der Waals surface area (Å²) < 4.78 is 24.3. The molecule has 0 saturated carbocycles. The molecule has 0 spiro atoms. The van der Waals surface area contributed by atoms with E-state index in [4.69, 9.17) is 10.8 Å². The average Bonchev–Trinajstić information content (AvgIpc) is 2.70. The van der Waals surface area contributed by atoms with E-state index in [1.54, 1.807) is 0 Å². The zero-order chi connectivity index (χ0) is 14.2. The summed E-state index contributed by atoms with van der Waals surface area (Å²) in [6.45, 7) is 0. The number of sulfone groups is 1. The minimum absolute atomic E-state index is 0.00389. The van der Waals surface area contributed by atoms with E-state index in [-0.39, 0.29) is 22.1 Å². The molecular weight excluding hydrogens is 272 g/mol. The molecule has 0 amide bonds. The van der Waals surface area contributed by atoms with Gasteiger partial charge in [-0.1, -0.05) is 0 Å². The smallest absolute Gasteiger partial charge is 0.358 e. The first-order chi connectivity index (χ1) is 8.80. The van der Waals surface area contributed by atoms with Crippen LogP contribution in [0.1, 0.15) is 10.5 Å². The summed E-state index contributed by atoms with van der Waals surface area (Å²) in [5.74, 6) is -1.29. The molecule has 2 aromatic heterocycles. The van der Waals surface area contributed by atoms with Crippen LogP contribution in [0.3, 0.4) is 0 Å². The predicted octanol–water partition coefficient (Wildman–Crippen LogP) is -0.0488. The summed E-state index contributed by atoms with van der Waals surface area (Å²) in [6, 6.07) is 2.82. The number of nitrogens with two attached hydrogens (primary N) is 1. The zero-order valence-corrected chi connectivity index (χ0v) is 10.6. The Morgan fingerprint density at radius 1 is 1.47 bits per heavy atom. The molecule has 0 saturated heterocycles. The number of carboxylic acid groups (broad SMARTS) is 1. The fraction of sp³-hybridized carbons (Fsp3) is 0.100. The lowest BCUT2D eigenvalue weighted by atomic mass is 10.4. The molecule has 8 nitrogen and oxygen atoms in total. The van der Waals surface area contributed by atoms with Crippen molar-refractivity contribution in [2.24, 2.45) is 0 Å². The summed E-state index contributed by atoms with van der Waals surface area (Å²) in [5.41, 5.74) is 5.07. The maximum atomic E-state index is 11.6. The third-order valence-electron chi connectivity index (χ3n) is 2.31. The van der Waals surface area contributed by atoms with Crippen molar-refractivity contribution in [2.45, 2.75) is 4.90 Å². The minimum atomic E-state index is -3.52. The van der Waals surface area contributed by atoms with E-state index in [1.807, 2.05) is 0 Å². The van der Waals surface area contributed by atoms with Gasteiger partial charge in [-0.3, -0.25) is 0 Å². The first kappa shape index (κ1) is 13.0. The molecule has 0 atom stereocenters. The van der Waals surface area contributed by atoms with E-state index in [2.05, 4.69) is 10.1 Å². The van der Waals surface area contributed by atoms with E-state index >= 15 is 0 Å². The summed E-state index contributed by atoms with van der Waals surface area (Å²) in [7, 11) is -3.52. The molecule has 19 heavy (non-hydrogen) atoms. The van der Waals surface area contributed by atoms with Crippen molar-refractivity contribution >= 4 is 21.5 Å². The number of rotatable bonds is 3. The molecule has 2 rings (SSSR count). The lowest BCUT2D eigenvalue weighted by molar-refractivity contribution is 0.0691. The second-order valence-corrected chi connectivity index (χ2v) is 5.76. The molecule has 0 unspecified atom stereocenters. The Balaban J connectivity index is 2.67. The lowest BCUT2D eigenvalue weighted by Gasteiger charge is -2.05. The van der Waals surface area contributed by atoms with Gasteiger partial charge in [0.1, 0.15) is 4.90 Å². The molecule has 0 bridgehead atoms. The predicted molar refractivity (Wildman–Crippen MR) is 65.8 cm³/mol. The highest BCUT2D eigenvalue weighted by Crippen LogP contribution is 2.19. The van der Waals surface area contributed by atoms with Gasteiger partial charge in [-0.15, -0.1) is 0 Å². The van der Waals surface area contributed by atoms with Crippen molar-refractivity contribution in [3.8, 4) is 5.82 Å². The Bertz CT molecular complexity index is 751. The number of nitrogen functional groups attached to an aromatic ring is 1. The van der Waals surface area contributed by atoms with Crippen molar-refractivity contribution in [3.63, 3.8) is 0 Å². The number of hydrogen-bond donors (Lipinski definition) is 2. The Morgan fingerprint density at radius 3 is 2.68 bits per heavy atom. The number of aromatic nitrogens is 3. The van der Waals surface area contributed by atoms with Gasteiger partial charge in [0.05, 0.1) is 11.9 Å². The van der Waals surface area contributed by atoms with E-state index in [1.165, 1.54) is 24.5 Å².